The van der Waals surface area contributed by atoms with Gasteiger partial charge in [-0.1, -0.05) is 33.6 Å². The first kappa shape index (κ1) is 22.6. The van der Waals surface area contributed by atoms with E-state index in [2.05, 4.69) is 26.1 Å². The van der Waals surface area contributed by atoms with E-state index in [1.54, 1.807) is 0 Å². The van der Waals surface area contributed by atoms with Crippen LogP contribution in [-0.4, -0.2) is 35.4 Å². The zero-order chi connectivity index (χ0) is 21.5. The minimum atomic E-state index is -0.103. The average molecular weight is 420 g/mol. The minimum Gasteiger partial charge on any atom is -0.395 e. The maximum absolute atomic E-state index is 12.0. The van der Waals surface area contributed by atoms with Gasteiger partial charge in [-0.25, -0.2) is 0 Å². The molecule has 4 saturated carbocycles. The summed E-state index contributed by atoms with van der Waals surface area (Å²) in [7, 11) is 0. The van der Waals surface area contributed by atoms with Crippen molar-refractivity contribution < 1.29 is 15.0 Å². The number of nitrogens with one attached hydrogen (secondary N) is 1. The molecule has 0 saturated heterocycles. The number of rotatable bonds is 6. The maximum Gasteiger partial charge on any atom is 0.220 e. The van der Waals surface area contributed by atoms with Crippen LogP contribution in [-0.2, 0) is 4.79 Å². The van der Waals surface area contributed by atoms with E-state index in [9.17, 15) is 9.90 Å². The van der Waals surface area contributed by atoms with E-state index in [0.29, 0.717) is 53.4 Å². The van der Waals surface area contributed by atoms with Crippen LogP contribution in [0.4, 0.5) is 0 Å². The van der Waals surface area contributed by atoms with Crippen molar-refractivity contribution in [2.75, 3.05) is 13.2 Å². The predicted molar refractivity (Wildman–Crippen MR) is 120 cm³/mol. The smallest absolute Gasteiger partial charge is 0.220 e. The lowest BCUT2D eigenvalue weighted by Crippen LogP contribution is -2.57. The molecule has 30 heavy (non-hydrogen) atoms. The number of aliphatic hydroxyl groups excluding tert-OH is 2. The van der Waals surface area contributed by atoms with Crippen molar-refractivity contribution in [2.24, 2.45) is 46.3 Å². The Morgan fingerprint density at radius 3 is 2.60 bits per heavy atom. The van der Waals surface area contributed by atoms with Gasteiger partial charge in [0.05, 0.1) is 12.7 Å². The molecule has 172 valence electrons. The second-order valence-corrected chi connectivity index (χ2v) is 11.9. The van der Waals surface area contributed by atoms with Crippen LogP contribution < -0.4 is 5.32 Å². The SMILES string of the molecule is C[C@H](CCC(=O)NCCO)C1CCC2[C@H]3C(CCC21C)C1(C)CCCC[C@H]1C[C@H]3O. The summed E-state index contributed by atoms with van der Waals surface area (Å²) in [6.45, 7) is 7.81. The van der Waals surface area contributed by atoms with Crippen LogP contribution in [0.3, 0.4) is 0 Å². The number of hydrogen-bond acceptors (Lipinski definition) is 3. The fourth-order valence-corrected chi connectivity index (χ4v) is 9.07. The Hall–Kier alpha value is -0.610. The summed E-state index contributed by atoms with van der Waals surface area (Å²) < 4.78 is 0. The van der Waals surface area contributed by atoms with Gasteiger partial charge in [-0.3, -0.25) is 4.79 Å². The van der Waals surface area contributed by atoms with Gasteiger partial charge >= 0.3 is 0 Å². The van der Waals surface area contributed by atoms with Gasteiger partial charge in [0.15, 0.2) is 0 Å². The largest absolute Gasteiger partial charge is 0.395 e. The summed E-state index contributed by atoms with van der Waals surface area (Å²) in [6.07, 6.45) is 13.0. The van der Waals surface area contributed by atoms with Crippen LogP contribution in [0.5, 0.6) is 0 Å². The van der Waals surface area contributed by atoms with Gasteiger partial charge in [-0.2, -0.15) is 0 Å². The third-order valence-electron chi connectivity index (χ3n) is 10.6. The van der Waals surface area contributed by atoms with Crippen molar-refractivity contribution in [1.82, 2.24) is 5.32 Å². The Labute approximate surface area is 183 Å². The molecule has 4 nitrogen and oxygen atoms in total. The van der Waals surface area contributed by atoms with Crippen molar-refractivity contribution in [1.29, 1.82) is 0 Å². The van der Waals surface area contributed by atoms with E-state index < -0.39 is 0 Å². The molecule has 0 aromatic heterocycles. The number of fused-ring (bicyclic) bond motifs is 5. The van der Waals surface area contributed by atoms with E-state index in [-0.39, 0.29) is 18.6 Å². The topological polar surface area (TPSA) is 69.6 Å². The minimum absolute atomic E-state index is 0.00826. The summed E-state index contributed by atoms with van der Waals surface area (Å²) in [5.74, 6) is 3.87. The van der Waals surface area contributed by atoms with Gasteiger partial charge < -0.3 is 15.5 Å². The van der Waals surface area contributed by atoms with Crippen LogP contribution in [0.1, 0.15) is 91.4 Å². The normalized spacial score (nSPS) is 46.4. The van der Waals surface area contributed by atoms with E-state index in [4.69, 9.17) is 5.11 Å². The monoisotopic (exact) mass is 419 g/mol. The van der Waals surface area contributed by atoms with Gasteiger partial charge in [0.25, 0.3) is 0 Å². The molecule has 0 aliphatic heterocycles. The third kappa shape index (κ3) is 3.74. The second kappa shape index (κ2) is 8.73. The van der Waals surface area contributed by atoms with Crippen LogP contribution >= 0.6 is 0 Å². The molecule has 0 bridgehead atoms. The highest BCUT2D eigenvalue weighted by atomic mass is 16.3. The molecule has 9 atom stereocenters. The summed E-state index contributed by atoms with van der Waals surface area (Å²) >= 11 is 0. The third-order valence-corrected chi connectivity index (χ3v) is 10.6. The number of amides is 1. The summed E-state index contributed by atoms with van der Waals surface area (Å²) in [5.41, 5.74) is 0.777. The molecular weight excluding hydrogens is 374 g/mol. The first-order valence-corrected chi connectivity index (χ1v) is 12.9. The molecule has 4 aliphatic rings. The Kier molecular flexibility index (Phi) is 6.57. The molecule has 5 unspecified atom stereocenters. The lowest BCUT2D eigenvalue weighted by molar-refractivity contribution is -0.164. The summed E-state index contributed by atoms with van der Waals surface area (Å²) in [6, 6.07) is 0. The van der Waals surface area contributed by atoms with Crippen molar-refractivity contribution >= 4 is 5.91 Å². The standard InChI is InChI=1S/C26H45NO3/c1-17(7-10-23(30)27-14-15-28)19-8-9-20-24-21(11-13-26(19,20)3)25(2)12-5-4-6-18(25)16-22(24)29/h17-22,24,28-29H,4-16H2,1-3H3,(H,27,30)/t17-,18+,19?,20?,21?,22-,24+,25?,26?/m1/s1. The first-order valence-electron chi connectivity index (χ1n) is 12.9. The predicted octanol–water partition coefficient (Wildman–Crippen LogP) is 4.53. The number of hydrogen-bond donors (Lipinski definition) is 3. The number of carbonyl (C=O) groups excluding carboxylic acids is 1. The highest BCUT2D eigenvalue weighted by molar-refractivity contribution is 5.75. The zero-order valence-electron chi connectivity index (χ0n) is 19.5. The Balaban J connectivity index is 1.46. The molecule has 4 rings (SSSR count). The summed E-state index contributed by atoms with van der Waals surface area (Å²) in [4.78, 5) is 12.0. The van der Waals surface area contributed by atoms with Gasteiger partial charge in [-0.15, -0.1) is 0 Å². The molecule has 0 aromatic rings. The Bertz CT molecular complexity index is 623. The number of carbonyl (C=O) groups is 1. The number of aliphatic hydroxyl groups is 2. The van der Waals surface area contributed by atoms with Crippen molar-refractivity contribution in [2.45, 2.75) is 97.5 Å². The second-order valence-electron chi connectivity index (χ2n) is 11.9. The van der Waals surface area contributed by atoms with Gasteiger partial charge in [0.1, 0.15) is 0 Å². The van der Waals surface area contributed by atoms with Crippen molar-refractivity contribution in [3.63, 3.8) is 0 Å². The molecule has 0 radical (unpaired) electrons. The van der Waals surface area contributed by atoms with E-state index in [0.717, 1.165) is 18.8 Å². The molecule has 4 fully saturated rings. The average Bonchev–Trinajstić information content (AvgIpc) is 3.08. The molecule has 4 heteroatoms. The van der Waals surface area contributed by atoms with Crippen LogP contribution in [0, 0.1) is 46.3 Å². The molecule has 0 spiro atoms. The van der Waals surface area contributed by atoms with Crippen LogP contribution in [0.25, 0.3) is 0 Å². The van der Waals surface area contributed by atoms with E-state index in [1.807, 2.05) is 0 Å². The molecule has 3 N–H and O–H groups in total. The first-order chi connectivity index (χ1) is 14.3. The Morgan fingerprint density at radius 1 is 1.07 bits per heavy atom. The molecule has 0 aromatic carbocycles. The lowest BCUT2D eigenvalue weighted by Gasteiger charge is -2.62. The fourth-order valence-electron chi connectivity index (χ4n) is 9.07. The van der Waals surface area contributed by atoms with Gasteiger partial charge in [-0.05, 0) is 97.7 Å². The van der Waals surface area contributed by atoms with E-state index in [1.165, 1.54) is 51.4 Å². The van der Waals surface area contributed by atoms with Crippen LogP contribution in [0.15, 0.2) is 0 Å². The van der Waals surface area contributed by atoms with Crippen LogP contribution in [0.2, 0.25) is 0 Å². The maximum atomic E-state index is 12.0. The van der Waals surface area contributed by atoms with Gasteiger partial charge in [0.2, 0.25) is 5.91 Å². The lowest BCUT2D eigenvalue weighted by atomic mass is 9.44. The summed E-state index contributed by atoms with van der Waals surface area (Å²) in [5, 5.41) is 23.0. The van der Waals surface area contributed by atoms with Crippen molar-refractivity contribution in [3.8, 4) is 0 Å². The van der Waals surface area contributed by atoms with E-state index >= 15 is 0 Å². The highest BCUT2D eigenvalue weighted by Crippen LogP contribution is 2.68. The molecule has 4 aliphatic carbocycles. The fraction of sp³-hybridized carbons (Fsp3) is 0.962. The van der Waals surface area contributed by atoms with Gasteiger partial charge in [0, 0.05) is 13.0 Å². The quantitative estimate of drug-likeness (QED) is 0.592. The Morgan fingerprint density at radius 2 is 1.83 bits per heavy atom. The molecular formula is C26H45NO3. The molecule has 0 heterocycles. The molecule has 1 amide bonds. The zero-order valence-corrected chi connectivity index (χ0v) is 19.5. The van der Waals surface area contributed by atoms with Crippen molar-refractivity contribution in [3.05, 3.63) is 0 Å². The highest BCUT2D eigenvalue weighted by Gasteiger charge is 2.62.